The van der Waals surface area contributed by atoms with Crippen LogP contribution in [0.4, 0.5) is 0 Å². The predicted molar refractivity (Wildman–Crippen MR) is 69.1 cm³/mol. The van der Waals surface area contributed by atoms with Gasteiger partial charge in [-0.15, -0.1) is 0 Å². The summed E-state index contributed by atoms with van der Waals surface area (Å²) in [5.41, 5.74) is 0.783. The molecular weight excluding hydrogens is 258 g/mol. The Morgan fingerprint density at radius 3 is 2.53 bits per heavy atom. The van der Waals surface area contributed by atoms with Gasteiger partial charge in [-0.05, 0) is 43.7 Å². The molecule has 5 heteroatoms. The fraction of sp³-hybridized carbons (Fsp3) is 0.500. The van der Waals surface area contributed by atoms with E-state index in [1.807, 2.05) is 14.0 Å². The Labute approximate surface area is 107 Å². The molecule has 17 heavy (non-hydrogen) atoms. The zero-order valence-electron chi connectivity index (χ0n) is 10.1. The molecule has 3 atom stereocenters. The first-order chi connectivity index (χ1) is 7.89. The molecule has 0 aromatic heterocycles. The van der Waals surface area contributed by atoms with E-state index in [0.29, 0.717) is 9.92 Å². The number of hydrogen-bond donors (Lipinski definition) is 1. The summed E-state index contributed by atoms with van der Waals surface area (Å²) >= 11 is 5.95. The Kier molecular flexibility index (Phi) is 3.23. The summed E-state index contributed by atoms with van der Waals surface area (Å²) in [5.74, 6) is 0.0240. The number of rotatable bonds is 1. The van der Waals surface area contributed by atoms with Gasteiger partial charge in [0.1, 0.15) is 0 Å². The lowest BCUT2D eigenvalue weighted by Gasteiger charge is -2.35. The number of halogens is 1. The first-order valence-electron chi connectivity index (χ1n) is 5.60. The van der Waals surface area contributed by atoms with Gasteiger partial charge in [-0.2, -0.15) is 0 Å². The number of hydrogen-bond acceptors (Lipinski definition) is 3. The van der Waals surface area contributed by atoms with Crippen LogP contribution < -0.4 is 5.32 Å². The lowest BCUT2D eigenvalue weighted by Crippen LogP contribution is -2.40. The van der Waals surface area contributed by atoms with Gasteiger partial charge in [0, 0.05) is 11.1 Å². The highest BCUT2D eigenvalue weighted by atomic mass is 35.5. The van der Waals surface area contributed by atoms with E-state index < -0.39 is 9.84 Å². The third kappa shape index (κ3) is 1.88. The average Bonchev–Trinajstić information content (AvgIpc) is 2.27. The zero-order valence-corrected chi connectivity index (χ0v) is 11.6. The Morgan fingerprint density at radius 2 is 1.94 bits per heavy atom. The van der Waals surface area contributed by atoms with Gasteiger partial charge in [-0.25, -0.2) is 8.42 Å². The molecule has 0 saturated heterocycles. The van der Waals surface area contributed by atoms with Crippen LogP contribution in [0.1, 0.15) is 25.5 Å². The van der Waals surface area contributed by atoms with Crippen molar-refractivity contribution in [1.82, 2.24) is 5.32 Å². The zero-order chi connectivity index (χ0) is 12.8. The third-order valence-corrected chi connectivity index (χ3v) is 6.31. The summed E-state index contributed by atoms with van der Waals surface area (Å²) < 4.78 is 24.6. The Bertz CT molecular complexity index is 541. The lowest BCUT2D eigenvalue weighted by molar-refractivity contribution is 0.378. The van der Waals surface area contributed by atoms with E-state index in [2.05, 4.69) is 5.32 Å². The standard InChI is InChI=1S/C12H16ClNO2S/c1-7-8(2)17(15,16)11-5-4-9(13)6-10(11)12(7)14-3/h4-8,12,14H,1-3H3. The molecule has 1 aliphatic rings. The van der Waals surface area contributed by atoms with Crippen molar-refractivity contribution >= 4 is 21.4 Å². The van der Waals surface area contributed by atoms with Gasteiger partial charge >= 0.3 is 0 Å². The van der Waals surface area contributed by atoms with E-state index in [4.69, 9.17) is 11.6 Å². The van der Waals surface area contributed by atoms with Crippen LogP contribution in [0.3, 0.4) is 0 Å². The average molecular weight is 274 g/mol. The quantitative estimate of drug-likeness (QED) is 0.855. The van der Waals surface area contributed by atoms with E-state index >= 15 is 0 Å². The minimum atomic E-state index is -3.23. The molecule has 0 aliphatic carbocycles. The second-order valence-corrected chi connectivity index (χ2v) is 7.27. The van der Waals surface area contributed by atoms with Crippen molar-refractivity contribution in [3.05, 3.63) is 28.8 Å². The minimum Gasteiger partial charge on any atom is -0.313 e. The van der Waals surface area contributed by atoms with Crippen LogP contribution in [0, 0.1) is 5.92 Å². The summed E-state index contributed by atoms with van der Waals surface area (Å²) in [7, 11) is -1.38. The van der Waals surface area contributed by atoms with Crippen molar-refractivity contribution in [2.24, 2.45) is 5.92 Å². The van der Waals surface area contributed by atoms with Crippen molar-refractivity contribution in [3.8, 4) is 0 Å². The minimum absolute atomic E-state index is 0.0240. The molecule has 1 aromatic rings. The van der Waals surface area contributed by atoms with Gasteiger partial charge in [-0.1, -0.05) is 18.5 Å². The van der Waals surface area contributed by atoms with E-state index in [-0.39, 0.29) is 17.2 Å². The maximum Gasteiger partial charge on any atom is 0.181 e. The second kappa shape index (κ2) is 4.26. The molecule has 0 fully saturated rings. The van der Waals surface area contributed by atoms with Gasteiger partial charge in [0.05, 0.1) is 10.1 Å². The summed E-state index contributed by atoms with van der Waals surface area (Å²) in [6.07, 6.45) is 0. The van der Waals surface area contributed by atoms with E-state index in [1.54, 1.807) is 25.1 Å². The Balaban J connectivity index is 2.72. The molecule has 1 heterocycles. The van der Waals surface area contributed by atoms with E-state index in [1.165, 1.54) is 0 Å². The highest BCUT2D eigenvalue weighted by Gasteiger charge is 2.40. The molecule has 1 aromatic carbocycles. The molecule has 0 radical (unpaired) electrons. The van der Waals surface area contributed by atoms with Crippen molar-refractivity contribution in [2.75, 3.05) is 7.05 Å². The lowest BCUT2D eigenvalue weighted by atomic mass is 9.91. The Hall–Kier alpha value is -0.580. The molecule has 1 N–H and O–H groups in total. The van der Waals surface area contributed by atoms with Crippen LogP contribution >= 0.6 is 11.6 Å². The van der Waals surface area contributed by atoms with Gasteiger partial charge in [0.25, 0.3) is 0 Å². The maximum atomic E-state index is 12.3. The largest absolute Gasteiger partial charge is 0.313 e. The first kappa shape index (κ1) is 12.9. The Morgan fingerprint density at radius 1 is 1.29 bits per heavy atom. The highest BCUT2D eigenvalue weighted by molar-refractivity contribution is 7.92. The normalized spacial score (nSPS) is 30.9. The van der Waals surface area contributed by atoms with Crippen LogP contribution in [-0.4, -0.2) is 20.7 Å². The topological polar surface area (TPSA) is 46.2 Å². The molecule has 3 nitrogen and oxygen atoms in total. The van der Waals surface area contributed by atoms with Crippen LogP contribution in [0.5, 0.6) is 0 Å². The summed E-state index contributed by atoms with van der Waals surface area (Å²) in [5, 5.41) is 3.37. The maximum absolute atomic E-state index is 12.3. The van der Waals surface area contributed by atoms with Crippen molar-refractivity contribution < 1.29 is 8.42 Å². The van der Waals surface area contributed by atoms with Gasteiger partial charge in [-0.3, -0.25) is 0 Å². The van der Waals surface area contributed by atoms with Gasteiger partial charge in [0.2, 0.25) is 0 Å². The van der Waals surface area contributed by atoms with Crippen LogP contribution in [0.2, 0.25) is 5.02 Å². The molecule has 0 amide bonds. The number of nitrogens with one attached hydrogen (secondary N) is 1. The van der Waals surface area contributed by atoms with Crippen LogP contribution in [0.25, 0.3) is 0 Å². The van der Waals surface area contributed by atoms with Crippen molar-refractivity contribution in [1.29, 1.82) is 0 Å². The van der Waals surface area contributed by atoms with Crippen LogP contribution in [-0.2, 0) is 9.84 Å². The summed E-state index contributed by atoms with van der Waals surface area (Å²) in [4.78, 5) is 0.409. The van der Waals surface area contributed by atoms with Crippen LogP contribution in [0.15, 0.2) is 23.1 Å². The monoisotopic (exact) mass is 273 g/mol. The third-order valence-electron chi connectivity index (χ3n) is 3.68. The summed E-state index contributed by atoms with van der Waals surface area (Å²) in [6, 6.07) is 5.02. The molecule has 1 aliphatic heterocycles. The molecule has 0 saturated carbocycles. The van der Waals surface area contributed by atoms with E-state index in [9.17, 15) is 8.42 Å². The molecule has 0 spiro atoms. The van der Waals surface area contributed by atoms with E-state index in [0.717, 1.165) is 5.56 Å². The number of sulfone groups is 1. The SMILES string of the molecule is CNC1c2cc(Cl)ccc2S(=O)(=O)C(C)C1C. The van der Waals surface area contributed by atoms with Gasteiger partial charge in [0.15, 0.2) is 9.84 Å². The second-order valence-electron chi connectivity index (χ2n) is 4.56. The molecule has 94 valence electrons. The number of fused-ring (bicyclic) bond motifs is 1. The predicted octanol–water partition coefficient (Wildman–Crippen LogP) is 2.41. The van der Waals surface area contributed by atoms with Crippen molar-refractivity contribution in [2.45, 2.75) is 30.0 Å². The molecular formula is C12H16ClNO2S. The summed E-state index contributed by atoms with van der Waals surface area (Å²) in [6.45, 7) is 3.72. The molecule has 3 unspecified atom stereocenters. The fourth-order valence-corrected chi connectivity index (χ4v) is 4.55. The van der Waals surface area contributed by atoms with Crippen molar-refractivity contribution in [3.63, 3.8) is 0 Å². The number of benzene rings is 1. The van der Waals surface area contributed by atoms with Gasteiger partial charge < -0.3 is 5.32 Å². The molecule has 0 bridgehead atoms. The smallest absolute Gasteiger partial charge is 0.181 e. The fourth-order valence-electron chi connectivity index (χ4n) is 2.48. The molecule has 2 rings (SSSR count). The first-order valence-corrected chi connectivity index (χ1v) is 7.52. The highest BCUT2D eigenvalue weighted by Crippen LogP contribution is 2.40.